The maximum absolute atomic E-state index is 5.74. The van der Waals surface area contributed by atoms with E-state index >= 15 is 0 Å². The summed E-state index contributed by atoms with van der Waals surface area (Å²) in [5.74, 6) is 5.74. The van der Waals surface area contributed by atoms with Crippen molar-refractivity contribution in [1.82, 2.24) is 10.4 Å². The molecule has 0 bridgehead atoms. The summed E-state index contributed by atoms with van der Waals surface area (Å²) in [5.41, 5.74) is 5.16. The first-order chi connectivity index (χ1) is 10.3. The van der Waals surface area contributed by atoms with Crippen LogP contribution in [0.3, 0.4) is 0 Å². The van der Waals surface area contributed by atoms with E-state index < -0.39 is 0 Å². The summed E-state index contributed by atoms with van der Waals surface area (Å²) in [7, 11) is 0. The predicted molar refractivity (Wildman–Crippen MR) is 91.6 cm³/mol. The normalized spacial score (nSPS) is 12.7. The van der Waals surface area contributed by atoms with Gasteiger partial charge in [-0.1, -0.05) is 24.3 Å². The molecule has 0 aliphatic carbocycles. The minimum absolute atomic E-state index is 0.0847. The third-order valence-corrected chi connectivity index (χ3v) is 5.24. The molecule has 1 aromatic heterocycles. The first-order valence-corrected chi connectivity index (χ1v) is 8.79. The lowest BCUT2D eigenvalue weighted by Crippen LogP contribution is -2.29. The molecule has 0 aliphatic heterocycles. The minimum Gasteiger partial charge on any atom is -0.271 e. The van der Waals surface area contributed by atoms with E-state index in [9.17, 15) is 0 Å². The van der Waals surface area contributed by atoms with Gasteiger partial charge in [0.15, 0.2) is 0 Å². The molecule has 3 aromatic rings. The maximum Gasteiger partial charge on any atom is 0.0958 e. The molecule has 0 amide bonds. The Kier molecular flexibility index (Phi) is 4.55. The van der Waals surface area contributed by atoms with Crippen molar-refractivity contribution >= 4 is 33.3 Å². The van der Waals surface area contributed by atoms with Crippen LogP contribution in [0.5, 0.6) is 0 Å². The van der Waals surface area contributed by atoms with Gasteiger partial charge in [-0.2, -0.15) is 0 Å². The second-order valence-corrected chi connectivity index (χ2v) is 6.77. The Hall–Kier alpha value is -1.40. The van der Waals surface area contributed by atoms with Gasteiger partial charge in [-0.05, 0) is 36.1 Å². The summed E-state index contributed by atoms with van der Waals surface area (Å²) in [6.07, 6.45) is 2.88. The Balaban J connectivity index is 1.82. The molecule has 3 nitrogen and oxygen atoms in total. The number of benzene rings is 2. The lowest BCUT2D eigenvalue weighted by atomic mass is 10.1. The Labute approximate surface area is 132 Å². The van der Waals surface area contributed by atoms with Crippen LogP contribution in [0, 0.1) is 0 Å². The van der Waals surface area contributed by atoms with Crippen molar-refractivity contribution in [3.63, 3.8) is 0 Å². The SMILES string of the molecule is CSc1ccc(C(Cc2nc3ccccc3s2)NN)cc1. The summed E-state index contributed by atoms with van der Waals surface area (Å²) >= 11 is 3.47. The predicted octanol–water partition coefficient (Wildman–Crippen LogP) is 3.77. The van der Waals surface area contributed by atoms with Gasteiger partial charge in [-0.25, -0.2) is 4.98 Å². The van der Waals surface area contributed by atoms with E-state index in [2.05, 4.69) is 47.0 Å². The molecule has 2 aromatic carbocycles. The quantitative estimate of drug-likeness (QED) is 0.427. The lowest BCUT2D eigenvalue weighted by molar-refractivity contribution is 0.551. The van der Waals surface area contributed by atoms with Gasteiger partial charge in [0.1, 0.15) is 0 Å². The summed E-state index contributed by atoms with van der Waals surface area (Å²) in [4.78, 5) is 5.94. The third kappa shape index (κ3) is 3.27. The third-order valence-electron chi connectivity index (χ3n) is 3.44. The van der Waals surface area contributed by atoms with Crippen LogP contribution in [-0.2, 0) is 6.42 Å². The van der Waals surface area contributed by atoms with Crippen LogP contribution < -0.4 is 11.3 Å². The molecule has 0 radical (unpaired) electrons. The zero-order chi connectivity index (χ0) is 14.7. The summed E-state index contributed by atoms with van der Waals surface area (Å²) in [6.45, 7) is 0. The molecule has 3 N–H and O–H groups in total. The molecule has 1 heterocycles. The fourth-order valence-electron chi connectivity index (χ4n) is 2.29. The van der Waals surface area contributed by atoms with Crippen LogP contribution in [0.2, 0.25) is 0 Å². The molecule has 21 heavy (non-hydrogen) atoms. The van der Waals surface area contributed by atoms with Crippen LogP contribution in [0.1, 0.15) is 16.6 Å². The number of hydrogen-bond acceptors (Lipinski definition) is 5. The van der Waals surface area contributed by atoms with E-state index in [1.54, 1.807) is 23.1 Å². The summed E-state index contributed by atoms with van der Waals surface area (Å²) in [5, 5.41) is 1.10. The molecule has 3 rings (SSSR count). The second kappa shape index (κ2) is 6.58. The number of thiazole rings is 1. The number of hydrogen-bond donors (Lipinski definition) is 2. The standard InChI is InChI=1S/C16H17N3S2/c1-20-12-8-6-11(7-9-12)14(19-17)10-16-18-13-4-2-3-5-15(13)21-16/h2-9,14,19H,10,17H2,1H3. The van der Waals surface area contributed by atoms with E-state index in [0.29, 0.717) is 0 Å². The first-order valence-electron chi connectivity index (χ1n) is 6.74. The second-order valence-electron chi connectivity index (χ2n) is 4.77. The molecule has 5 heteroatoms. The molecule has 0 saturated carbocycles. The first kappa shape index (κ1) is 14.5. The lowest BCUT2D eigenvalue weighted by Gasteiger charge is -2.15. The highest BCUT2D eigenvalue weighted by molar-refractivity contribution is 7.98. The molecule has 0 fully saturated rings. The molecular formula is C16H17N3S2. The molecule has 1 atom stereocenters. The number of nitrogens with two attached hydrogens (primary N) is 1. The molecule has 1 unspecified atom stereocenters. The number of aromatic nitrogens is 1. The van der Waals surface area contributed by atoms with Gasteiger partial charge >= 0.3 is 0 Å². The molecule has 0 spiro atoms. The van der Waals surface area contributed by atoms with Crippen LogP contribution >= 0.6 is 23.1 Å². The highest BCUT2D eigenvalue weighted by atomic mass is 32.2. The smallest absolute Gasteiger partial charge is 0.0958 e. The monoisotopic (exact) mass is 315 g/mol. The zero-order valence-corrected chi connectivity index (χ0v) is 13.4. The maximum atomic E-state index is 5.74. The van der Waals surface area contributed by atoms with Crippen molar-refractivity contribution in [2.24, 2.45) is 5.84 Å². The zero-order valence-electron chi connectivity index (χ0n) is 11.7. The average Bonchev–Trinajstić information content (AvgIpc) is 2.95. The van der Waals surface area contributed by atoms with Gasteiger partial charge in [0.2, 0.25) is 0 Å². The Morgan fingerprint density at radius 2 is 1.95 bits per heavy atom. The van der Waals surface area contributed by atoms with Gasteiger partial charge in [0.05, 0.1) is 21.3 Å². The fourth-order valence-corrected chi connectivity index (χ4v) is 3.71. The van der Waals surface area contributed by atoms with Gasteiger partial charge in [0.25, 0.3) is 0 Å². The largest absolute Gasteiger partial charge is 0.271 e. The van der Waals surface area contributed by atoms with E-state index in [-0.39, 0.29) is 6.04 Å². The molecular weight excluding hydrogens is 298 g/mol. The van der Waals surface area contributed by atoms with Crippen LogP contribution in [0.4, 0.5) is 0 Å². The highest BCUT2D eigenvalue weighted by Crippen LogP contribution is 2.26. The number of nitrogens with zero attached hydrogens (tertiary/aromatic N) is 1. The fraction of sp³-hybridized carbons (Fsp3) is 0.188. The number of rotatable bonds is 5. The van der Waals surface area contributed by atoms with Crippen molar-refractivity contribution < 1.29 is 0 Å². The Morgan fingerprint density at radius 1 is 1.19 bits per heavy atom. The number of para-hydroxylation sites is 1. The van der Waals surface area contributed by atoms with Gasteiger partial charge in [0, 0.05) is 11.3 Å². The van der Waals surface area contributed by atoms with E-state index in [0.717, 1.165) is 16.9 Å². The van der Waals surface area contributed by atoms with Crippen molar-refractivity contribution in [2.45, 2.75) is 17.4 Å². The van der Waals surface area contributed by atoms with Gasteiger partial charge < -0.3 is 0 Å². The Morgan fingerprint density at radius 3 is 2.62 bits per heavy atom. The summed E-state index contributed by atoms with van der Waals surface area (Å²) in [6, 6.07) is 16.8. The molecule has 108 valence electrons. The van der Waals surface area contributed by atoms with Crippen molar-refractivity contribution in [1.29, 1.82) is 0 Å². The topological polar surface area (TPSA) is 50.9 Å². The number of thioether (sulfide) groups is 1. The Bertz CT molecular complexity index is 689. The van der Waals surface area contributed by atoms with E-state index in [1.165, 1.54) is 15.2 Å². The molecule has 0 saturated heterocycles. The van der Waals surface area contributed by atoms with Gasteiger partial charge in [-0.15, -0.1) is 23.1 Å². The summed E-state index contributed by atoms with van der Waals surface area (Å²) < 4.78 is 1.22. The number of fused-ring (bicyclic) bond motifs is 1. The van der Waals surface area contributed by atoms with Crippen LogP contribution in [-0.4, -0.2) is 11.2 Å². The van der Waals surface area contributed by atoms with Gasteiger partial charge in [-0.3, -0.25) is 11.3 Å². The van der Waals surface area contributed by atoms with Crippen molar-refractivity contribution in [2.75, 3.05) is 6.26 Å². The van der Waals surface area contributed by atoms with Crippen molar-refractivity contribution in [3.05, 3.63) is 59.1 Å². The highest BCUT2D eigenvalue weighted by Gasteiger charge is 2.13. The van der Waals surface area contributed by atoms with Crippen LogP contribution in [0.15, 0.2) is 53.4 Å². The minimum atomic E-state index is 0.0847. The number of nitrogens with one attached hydrogen (secondary N) is 1. The average molecular weight is 315 g/mol. The van der Waals surface area contributed by atoms with E-state index in [1.807, 2.05) is 18.2 Å². The number of hydrazine groups is 1. The van der Waals surface area contributed by atoms with Crippen molar-refractivity contribution in [3.8, 4) is 0 Å². The van der Waals surface area contributed by atoms with E-state index in [4.69, 9.17) is 5.84 Å². The molecule has 0 aliphatic rings. The van der Waals surface area contributed by atoms with Crippen LogP contribution in [0.25, 0.3) is 10.2 Å².